The van der Waals surface area contributed by atoms with Crippen molar-refractivity contribution in [3.8, 4) is 5.75 Å². The monoisotopic (exact) mass is 360 g/mol. The van der Waals surface area contributed by atoms with Crippen molar-refractivity contribution in [2.45, 2.75) is 38.1 Å². The summed E-state index contributed by atoms with van der Waals surface area (Å²) in [6, 6.07) is 7.14. The molecule has 132 valence electrons. The Bertz CT molecular complexity index is 748. The van der Waals surface area contributed by atoms with E-state index in [4.69, 9.17) is 16.3 Å². The first-order valence-corrected chi connectivity index (χ1v) is 8.78. The van der Waals surface area contributed by atoms with Gasteiger partial charge in [-0.1, -0.05) is 30.9 Å². The van der Waals surface area contributed by atoms with Crippen LogP contribution in [0.2, 0.25) is 5.02 Å². The molecule has 0 saturated heterocycles. The smallest absolute Gasteiger partial charge is 0.270 e. The van der Waals surface area contributed by atoms with Crippen molar-refractivity contribution in [1.82, 2.24) is 15.3 Å². The highest BCUT2D eigenvalue weighted by atomic mass is 35.5. The highest BCUT2D eigenvalue weighted by molar-refractivity contribution is 6.32. The van der Waals surface area contributed by atoms with Crippen LogP contribution < -0.4 is 15.4 Å². The van der Waals surface area contributed by atoms with E-state index < -0.39 is 0 Å². The summed E-state index contributed by atoms with van der Waals surface area (Å²) in [5, 5.41) is 6.59. The number of ether oxygens (including phenoxy) is 1. The minimum Gasteiger partial charge on any atom is -0.495 e. The third-order valence-electron chi connectivity index (χ3n) is 4.24. The van der Waals surface area contributed by atoms with Crippen LogP contribution >= 0.6 is 11.6 Å². The van der Waals surface area contributed by atoms with Gasteiger partial charge in [0.15, 0.2) is 0 Å². The number of nitrogens with zero attached hydrogens (tertiary/aromatic N) is 2. The molecule has 0 unspecified atom stereocenters. The normalized spacial score (nSPS) is 14.8. The van der Waals surface area contributed by atoms with Gasteiger partial charge in [0, 0.05) is 17.9 Å². The van der Waals surface area contributed by atoms with E-state index >= 15 is 0 Å². The maximum atomic E-state index is 12.4. The molecule has 1 fully saturated rings. The van der Waals surface area contributed by atoms with E-state index in [9.17, 15) is 4.79 Å². The number of rotatable bonds is 5. The Morgan fingerprint density at radius 1 is 1.24 bits per heavy atom. The van der Waals surface area contributed by atoms with Crippen LogP contribution in [0.4, 0.5) is 11.6 Å². The molecule has 1 saturated carbocycles. The van der Waals surface area contributed by atoms with Crippen LogP contribution in [0.15, 0.2) is 30.5 Å². The van der Waals surface area contributed by atoms with Crippen LogP contribution in [0.1, 0.15) is 42.6 Å². The second-order valence-electron chi connectivity index (χ2n) is 6.05. The number of methoxy groups -OCH3 is 1. The molecule has 1 aliphatic rings. The maximum absolute atomic E-state index is 12.4. The summed E-state index contributed by atoms with van der Waals surface area (Å²) in [5.41, 5.74) is 1.07. The van der Waals surface area contributed by atoms with Gasteiger partial charge in [0.1, 0.15) is 11.4 Å². The van der Waals surface area contributed by atoms with Crippen molar-refractivity contribution in [3.63, 3.8) is 0 Å². The maximum Gasteiger partial charge on any atom is 0.270 e. The molecule has 7 heteroatoms. The molecule has 0 spiro atoms. The van der Waals surface area contributed by atoms with Crippen molar-refractivity contribution in [3.05, 3.63) is 41.2 Å². The topological polar surface area (TPSA) is 76.1 Å². The summed E-state index contributed by atoms with van der Waals surface area (Å²) in [5.74, 6) is 0.774. The Balaban J connectivity index is 1.68. The van der Waals surface area contributed by atoms with Crippen molar-refractivity contribution in [2.24, 2.45) is 0 Å². The molecule has 0 aliphatic heterocycles. The van der Waals surface area contributed by atoms with Crippen molar-refractivity contribution >= 4 is 29.1 Å². The number of carbonyl (C=O) groups excluding carboxylic acids is 1. The van der Waals surface area contributed by atoms with Crippen LogP contribution in [-0.4, -0.2) is 29.0 Å². The molecule has 6 nitrogen and oxygen atoms in total. The van der Waals surface area contributed by atoms with Gasteiger partial charge in [-0.3, -0.25) is 4.79 Å². The van der Waals surface area contributed by atoms with E-state index in [0.717, 1.165) is 18.5 Å². The van der Waals surface area contributed by atoms with Crippen molar-refractivity contribution < 1.29 is 9.53 Å². The fourth-order valence-corrected chi connectivity index (χ4v) is 3.18. The molecule has 1 aromatic heterocycles. The molecular formula is C18H21ClN4O2. The number of halogens is 1. The highest BCUT2D eigenvalue weighted by Gasteiger charge is 2.17. The standard InChI is InChI=1S/C18H21ClN4O2/c1-25-16-8-7-13(11-14(16)19)22-18-20-10-9-15(23-18)17(24)21-12-5-3-2-4-6-12/h7-12H,2-6H2,1H3,(H,21,24)(H,20,22,23). The van der Waals surface area contributed by atoms with Gasteiger partial charge >= 0.3 is 0 Å². The quantitative estimate of drug-likeness (QED) is 0.844. The van der Waals surface area contributed by atoms with Gasteiger partial charge in [0.05, 0.1) is 12.1 Å². The molecule has 1 amide bonds. The van der Waals surface area contributed by atoms with Gasteiger partial charge < -0.3 is 15.4 Å². The average Bonchev–Trinajstić information content (AvgIpc) is 2.63. The predicted molar refractivity (Wildman–Crippen MR) is 97.7 cm³/mol. The second-order valence-corrected chi connectivity index (χ2v) is 6.46. The lowest BCUT2D eigenvalue weighted by Gasteiger charge is -2.22. The third-order valence-corrected chi connectivity index (χ3v) is 4.53. The van der Waals surface area contributed by atoms with Gasteiger partial charge in [0.25, 0.3) is 5.91 Å². The molecule has 2 aromatic rings. The lowest BCUT2D eigenvalue weighted by molar-refractivity contribution is 0.0922. The molecule has 0 atom stereocenters. The van der Waals surface area contributed by atoms with Crippen LogP contribution in [-0.2, 0) is 0 Å². The molecule has 0 bridgehead atoms. The van der Waals surface area contributed by atoms with E-state index in [0.29, 0.717) is 22.4 Å². The highest BCUT2D eigenvalue weighted by Crippen LogP contribution is 2.28. The summed E-state index contributed by atoms with van der Waals surface area (Å²) in [6.45, 7) is 0. The first-order valence-electron chi connectivity index (χ1n) is 8.40. The third kappa shape index (κ3) is 4.60. The number of hydrogen-bond donors (Lipinski definition) is 2. The number of anilines is 2. The fraction of sp³-hybridized carbons (Fsp3) is 0.389. The van der Waals surface area contributed by atoms with Gasteiger partial charge in [-0.25, -0.2) is 9.97 Å². The molecule has 25 heavy (non-hydrogen) atoms. The molecule has 1 aromatic carbocycles. The number of amides is 1. The Morgan fingerprint density at radius 2 is 2.04 bits per heavy atom. The van der Waals surface area contributed by atoms with Crippen LogP contribution in [0.25, 0.3) is 0 Å². The lowest BCUT2D eigenvalue weighted by Crippen LogP contribution is -2.36. The molecule has 1 aliphatic carbocycles. The van der Waals surface area contributed by atoms with E-state index in [2.05, 4.69) is 20.6 Å². The lowest BCUT2D eigenvalue weighted by atomic mass is 9.95. The summed E-state index contributed by atoms with van der Waals surface area (Å²) in [7, 11) is 1.56. The Hall–Kier alpha value is -2.34. The molecule has 0 radical (unpaired) electrons. The summed E-state index contributed by atoms with van der Waals surface area (Å²) in [4.78, 5) is 20.8. The van der Waals surface area contributed by atoms with Gasteiger partial charge in [-0.15, -0.1) is 0 Å². The molecule has 1 heterocycles. The van der Waals surface area contributed by atoms with Crippen LogP contribution in [0, 0.1) is 0 Å². The van der Waals surface area contributed by atoms with Gasteiger partial charge in [-0.05, 0) is 37.1 Å². The minimum atomic E-state index is -0.162. The predicted octanol–water partition coefficient (Wildman–Crippen LogP) is 3.94. The zero-order valence-corrected chi connectivity index (χ0v) is 14.8. The number of hydrogen-bond acceptors (Lipinski definition) is 5. The average molecular weight is 361 g/mol. The minimum absolute atomic E-state index is 0.162. The van der Waals surface area contributed by atoms with Gasteiger partial charge in [-0.2, -0.15) is 0 Å². The van der Waals surface area contributed by atoms with Crippen LogP contribution in [0.3, 0.4) is 0 Å². The second kappa shape index (κ2) is 8.16. The largest absolute Gasteiger partial charge is 0.495 e. The fourth-order valence-electron chi connectivity index (χ4n) is 2.92. The summed E-state index contributed by atoms with van der Waals surface area (Å²) in [6.07, 6.45) is 7.21. The van der Waals surface area contributed by atoms with E-state index in [1.807, 2.05) is 6.07 Å². The van der Waals surface area contributed by atoms with Crippen LogP contribution in [0.5, 0.6) is 5.75 Å². The first kappa shape index (κ1) is 17.5. The Labute approximate surface area is 152 Å². The number of nitrogens with one attached hydrogen (secondary N) is 2. The molecule has 2 N–H and O–H groups in total. The SMILES string of the molecule is COc1ccc(Nc2nccc(C(=O)NC3CCCCC3)n2)cc1Cl. The number of aromatic nitrogens is 2. The van der Waals surface area contributed by atoms with E-state index in [1.165, 1.54) is 19.3 Å². The zero-order valence-electron chi connectivity index (χ0n) is 14.1. The molecule has 3 rings (SSSR count). The van der Waals surface area contributed by atoms with Crippen molar-refractivity contribution in [1.29, 1.82) is 0 Å². The zero-order chi connectivity index (χ0) is 17.6. The number of carbonyl (C=O) groups is 1. The first-order chi connectivity index (χ1) is 12.2. The Kier molecular flexibility index (Phi) is 5.71. The van der Waals surface area contributed by atoms with Crippen molar-refractivity contribution in [2.75, 3.05) is 12.4 Å². The van der Waals surface area contributed by atoms with Gasteiger partial charge in [0.2, 0.25) is 5.95 Å². The molecular weight excluding hydrogens is 340 g/mol. The summed E-state index contributed by atoms with van der Waals surface area (Å²) >= 11 is 6.12. The van der Waals surface area contributed by atoms with E-state index in [1.54, 1.807) is 31.5 Å². The Morgan fingerprint density at radius 3 is 2.76 bits per heavy atom. The summed E-state index contributed by atoms with van der Waals surface area (Å²) < 4.78 is 5.13. The van der Waals surface area contributed by atoms with E-state index in [-0.39, 0.29) is 11.9 Å². The number of benzene rings is 1.